The number of carbonyl (C=O) groups excluding carboxylic acids is 2. The number of Topliss-reactive ketones (excluding diaryl/α,β-unsaturated/α-hetero) is 1. The van der Waals surface area contributed by atoms with Crippen LogP contribution in [0.15, 0.2) is 51.9 Å². The Hall–Kier alpha value is -3.78. The molecule has 1 atom stereocenters. The number of ketones is 1. The monoisotopic (exact) mass is 513 g/mol. The normalized spacial score (nSPS) is 16.8. The van der Waals surface area contributed by atoms with Crippen LogP contribution in [-0.4, -0.2) is 21.7 Å². The van der Waals surface area contributed by atoms with Crippen molar-refractivity contribution in [3.05, 3.63) is 91.6 Å². The first-order chi connectivity index (χ1) is 18.0. The lowest BCUT2D eigenvalue weighted by Crippen LogP contribution is -2.29. The van der Waals surface area contributed by atoms with E-state index in [9.17, 15) is 14.4 Å². The van der Waals surface area contributed by atoms with Gasteiger partial charge in [-0.3, -0.25) is 19.7 Å². The van der Waals surface area contributed by atoms with E-state index in [0.29, 0.717) is 28.6 Å². The number of aromatic nitrogens is 2. The van der Waals surface area contributed by atoms with E-state index in [1.165, 1.54) is 41.4 Å². The van der Waals surface area contributed by atoms with Crippen molar-refractivity contribution in [1.29, 1.82) is 0 Å². The van der Waals surface area contributed by atoms with Gasteiger partial charge in [0, 0.05) is 34.0 Å². The summed E-state index contributed by atoms with van der Waals surface area (Å²) >= 11 is 1.42. The SMILES string of the molecule is CCc1sc(NC(=O)c2cc3c([nH]c2=O)CC(c2ccco2)CC3=O)nc1-c1ccc2c(c1)CCCC2. The zero-order valence-corrected chi connectivity index (χ0v) is 21.4. The van der Waals surface area contributed by atoms with Gasteiger partial charge < -0.3 is 9.40 Å². The van der Waals surface area contributed by atoms with Crippen LogP contribution >= 0.6 is 11.3 Å². The van der Waals surface area contributed by atoms with Gasteiger partial charge in [0.2, 0.25) is 0 Å². The summed E-state index contributed by atoms with van der Waals surface area (Å²) < 4.78 is 5.46. The Balaban J connectivity index is 1.26. The maximum atomic E-state index is 13.1. The number of rotatable bonds is 5. The van der Waals surface area contributed by atoms with E-state index in [2.05, 4.69) is 35.4 Å². The fourth-order valence-corrected chi connectivity index (χ4v) is 6.36. The predicted molar refractivity (Wildman–Crippen MR) is 143 cm³/mol. The largest absolute Gasteiger partial charge is 0.469 e. The molecule has 2 aliphatic rings. The standard InChI is InChI=1S/C29H27N3O4S/c1-2-25-26(18-10-9-16-6-3-4-7-17(16)12-18)31-29(37-25)32-28(35)21-15-20-22(30-27(21)34)13-19(14-23(20)33)24-8-5-11-36-24/h5,8-12,15,19H,2-4,6-7,13-14H2,1H3,(H,30,34)(H,31,32,35). The molecule has 0 saturated heterocycles. The van der Waals surface area contributed by atoms with E-state index < -0.39 is 11.5 Å². The van der Waals surface area contributed by atoms with Gasteiger partial charge in [-0.1, -0.05) is 19.1 Å². The summed E-state index contributed by atoms with van der Waals surface area (Å²) in [4.78, 5) is 47.4. The molecule has 0 fully saturated rings. The minimum atomic E-state index is -0.571. The molecule has 4 aromatic rings. The number of carbonyl (C=O) groups is 2. The van der Waals surface area contributed by atoms with Crippen molar-refractivity contribution in [3.8, 4) is 11.3 Å². The van der Waals surface area contributed by atoms with Gasteiger partial charge in [0.05, 0.1) is 12.0 Å². The number of thiazole rings is 1. The van der Waals surface area contributed by atoms with Crippen LogP contribution in [0.3, 0.4) is 0 Å². The Kier molecular flexibility index (Phi) is 6.12. The van der Waals surface area contributed by atoms with Crippen molar-refractivity contribution in [2.24, 2.45) is 0 Å². The van der Waals surface area contributed by atoms with Crippen LogP contribution in [0.5, 0.6) is 0 Å². The summed E-state index contributed by atoms with van der Waals surface area (Å²) in [6.45, 7) is 2.07. The number of amides is 1. The van der Waals surface area contributed by atoms with E-state index in [1.54, 1.807) is 12.3 Å². The van der Waals surface area contributed by atoms with Gasteiger partial charge in [-0.2, -0.15) is 0 Å². The van der Waals surface area contributed by atoms with Gasteiger partial charge in [-0.15, -0.1) is 11.3 Å². The quantitative estimate of drug-likeness (QED) is 0.356. The van der Waals surface area contributed by atoms with Crippen LogP contribution in [0.25, 0.3) is 11.3 Å². The lowest BCUT2D eigenvalue weighted by atomic mass is 9.84. The average molecular weight is 514 g/mol. The first-order valence-corrected chi connectivity index (χ1v) is 13.6. The van der Waals surface area contributed by atoms with E-state index >= 15 is 0 Å². The Morgan fingerprint density at radius 2 is 1.97 bits per heavy atom. The molecule has 0 radical (unpaired) electrons. The zero-order chi connectivity index (χ0) is 25.5. The minimum absolute atomic E-state index is 0.0906. The molecule has 3 aromatic heterocycles. The molecule has 0 aliphatic heterocycles. The van der Waals surface area contributed by atoms with Crippen LogP contribution in [0.2, 0.25) is 0 Å². The molecule has 2 N–H and O–H groups in total. The summed E-state index contributed by atoms with van der Waals surface area (Å²) in [7, 11) is 0. The number of anilines is 1. The summed E-state index contributed by atoms with van der Waals surface area (Å²) in [5, 5.41) is 3.24. The highest BCUT2D eigenvalue weighted by Gasteiger charge is 2.30. The van der Waals surface area contributed by atoms with E-state index in [0.717, 1.165) is 35.4 Å². The van der Waals surface area contributed by atoms with Crippen molar-refractivity contribution in [1.82, 2.24) is 9.97 Å². The van der Waals surface area contributed by atoms with Crippen molar-refractivity contribution >= 4 is 28.2 Å². The van der Waals surface area contributed by atoms with E-state index in [-0.39, 0.29) is 23.7 Å². The van der Waals surface area contributed by atoms with Gasteiger partial charge in [-0.05, 0) is 73.9 Å². The lowest BCUT2D eigenvalue weighted by molar-refractivity contribution is 0.0959. The van der Waals surface area contributed by atoms with E-state index in [1.807, 2.05) is 6.07 Å². The highest BCUT2D eigenvalue weighted by Crippen LogP contribution is 2.35. The number of nitrogens with zero attached hydrogens (tertiary/aromatic N) is 1. The van der Waals surface area contributed by atoms with Gasteiger partial charge >= 0.3 is 0 Å². The van der Waals surface area contributed by atoms with E-state index in [4.69, 9.17) is 9.40 Å². The third-order valence-corrected chi connectivity index (χ3v) is 8.47. The van der Waals surface area contributed by atoms with Crippen LogP contribution in [-0.2, 0) is 25.7 Å². The van der Waals surface area contributed by atoms with Gasteiger partial charge in [-0.25, -0.2) is 4.98 Å². The molecule has 1 unspecified atom stereocenters. The number of hydrogen-bond acceptors (Lipinski definition) is 6. The molecular formula is C29H27N3O4S. The number of furan rings is 1. The van der Waals surface area contributed by atoms with Crippen molar-refractivity contribution in [2.45, 2.75) is 57.8 Å². The molecule has 0 spiro atoms. The fraction of sp³-hybridized carbons (Fsp3) is 0.310. The summed E-state index contributed by atoms with van der Waals surface area (Å²) in [5.41, 5.74) is 5.02. The number of nitrogens with one attached hydrogen (secondary N) is 2. The maximum absolute atomic E-state index is 13.1. The second-order valence-corrected chi connectivity index (χ2v) is 10.8. The molecule has 188 valence electrons. The predicted octanol–water partition coefficient (Wildman–Crippen LogP) is 5.70. The highest BCUT2D eigenvalue weighted by molar-refractivity contribution is 7.16. The summed E-state index contributed by atoms with van der Waals surface area (Å²) in [6.07, 6.45) is 7.74. The molecule has 1 aromatic carbocycles. The Labute approximate surface area is 218 Å². The molecular weight excluding hydrogens is 486 g/mol. The first kappa shape index (κ1) is 23.6. The highest BCUT2D eigenvalue weighted by atomic mass is 32.1. The topological polar surface area (TPSA) is 105 Å². The van der Waals surface area contributed by atoms with Crippen LogP contribution in [0.1, 0.15) is 80.3 Å². The summed E-state index contributed by atoms with van der Waals surface area (Å²) in [5.74, 6) is -0.106. The Morgan fingerprint density at radius 3 is 2.76 bits per heavy atom. The number of aromatic amines is 1. The smallest absolute Gasteiger partial charge is 0.263 e. The van der Waals surface area contributed by atoms with Crippen molar-refractivity contribution < 1.29 is 14.0 Å². The van der Waals surface area contributed by atoms with Crippen molar-refractivity contribution in [3.63, 3.8) is 0 Å². The summed E-state index contributed by atoms with van der Waals surface area (Å²) in [6, 6.07) is 11.6. The van der Waals surface area contributed by atoms with Gasteiger partial charge in [0.15, 0.2) is 10.9 Å². The molecule has 1 amide bonds. The number of hydrogen-bond donors (Lipinski definition) is 2. The second-order valence-electron chi connectivity index (χ2n) is 9.74. The molecule has 2 aliphatic carbocycles. The number of pyridine rings is 1. The fourth-order valence-electron chi connectivity index (χ4n) is 5.44. The number of aryl methyl sites for hydroxylation is 3. The third-order valence-electron chi connectivity index (χ3n) is 7.36. The van der Waals surface area contributed by atoms with Crippen LogP contribution in [0, 0.1) is 0 Å². The molecule has 3 heterocycles. The minimum Gasteiger partial charge on any atom is -0.469 e. The molecule has 6 rings (SSSR count). The number of H-pyrrole nitrogens is 1. The zero-order valence-electron chi connectivity index (χ0n) is 20.6. The molecule has 7 nitrogen and oxygen atoms in total. The van der Waals surface area contributed by atoms with Crippen molar-refractivity contribution in [2.75, 3.05) is 5.32 Å². The Bertz CT molecular complexity index is 1560. The second kappa shape index (κ2) is 9.59. The maximum Gasteiger partial charge on any atom is 0.263 e. The molecule has 0 saturated carbocycles. The van der Waals surface area contributed by atoms with Gasteiger partial charge in [0.25, 0.3) is 11.5 Å². The first-order valence-electron chi connectivity index (χ1n) is 12.8. The molecule has 0 bridgehead atoms. The molecule has 8 heteroatoms. The Morgan fingerprint density at radius 1 is 1.14 bits per heavy atom. The number of benzene rings is 1. The van der Waals surface area contributed by atoms with Crippen LogP contribution in [0.4, 0.5) is 5.13 Å². The lowest BCUT2D eigenvalue weighted by Gasteiger charge is -2.22. The number of fused-ring (bicyclic) bond motifs is 2. The third kappa shape index (κ3) is 4.46. The van der Waals surface area contributed by atoms with Gasteiger partial charge in [0.1, 0.15) is 11.3 Å². The van der Waals surface area contributed by atoms with Crippen LogP contribution < -0.4 is 10.9 Å². The molecule has 37 heavy (non-hydrogen) atoms. The average Bonchev–Trinajstić information content (AvgIpc) is 3.58.